The van der Waals surface area contributed by atoms with E-state index in [9.17, 15) is 9.18 Å². The van der Waals surface area contributed by atoms with Gasteiger partial charge in [-0.05, 0) is 37.1 Å². The van der Waals surface area contributed by atoms with Gasteiger partial charge in [-0.15, -0.1) is 11.3 Å². The molecule has 0 aliphatic heterocycles. The number of fused-ring (bicyclic) bond motifs is 1. The van der Waals surface area contributed by atoms with Crippen LogP contribution in [0.5, 0.6) is 5.88 Å². The number of nitrogens with zero attached hydrogens (tertiary/aromatic N) is 2. The SMILES string of the molecule is COCc1nc(OC)c2c(C)c(C(=O)Nc3ccc(C)c(F)c3)sc2n1. The monoisotopic (exact) mass is 375 g/mol. The largest absolute Gasteiger partial charge is 0.480 e. The first-order chi connectivity index (χ1) is 12.4. The summed E-state index contributed by atoms with van der Waals surface area (Å²) in [6.07, 6.45) is 0. The van der Waals surface area contributed by atoms with Gasteiger partial charge in [0, 0.05) is 12.8 Å². The molecular formula is C18H18FN3O3S. The van der Waals surface area contributed by atoms with Gasteiger partial charge in [-0.25, -0.2) is 9.37 Å². The predicted molar refractivity (Wildman–Crippen MR) is 98.5 cm³/mol. The molecule has 6 nitrogen and oxygen atoms in total. The topological polar surface area (TPSA) is 73.3 Å². The van der Waals surface area contributed by atoms with Crippen molar-refractivity contribution in [2.75, 3.05) is 19.5 Å². The molecule has 1 aromatic carbocycles. The smallest absolute Gasteiger partial charge is 0.266 e. The molecule has 0 aliphatic carbocycles. The average Bonchev–Trinajstić information content (AvgIpc) is 2.95. The van der Waals surface area contributed by atoms with Gasteiger partial charge in [-0.2, -0.15) is 4.98 Å². The number of nitrogens with one attached hydrogen (secondary N) is 1. The number of amides is 1. The summed E-state index contributed by atoms with van der Waals surface area (Å²) in [5, 5.41) is 3.42. The Balaban J connectivity index is 2.00. The fourth-order valence-corrected chi connectivity index (χ4v) is 3.65. The number of halogens is 1. The molecule has 26 heavy (non-hydrogen) atoms. The van der Waals surface area contributed by atoms with E-state index >= 15 is 0 Å². The molecule has 0 bridgehead atoms. The summed E-state index contributed by atoms with van der Waals surface area (Å²) in [6, 6.07) is 4.58. The Hall–Kier alpha value is -2.58. The molecule has 0 radical (unpaired) electrons. The van der Waals surface area contributed by atoms with Gasteiger partial charge in [0.1, 0.15) is 17.3 Å². The number of carbonyl (C=O) groups is 1. The first-order valence-electron chi connectivity index (χ1n) is 7.85. The maximum absolute atomic E-state index is 13.7. The summed E-state index contributed by atoms with van der Waals surface area (Å²) in [7, 11) is 3.07. The second kappa shape index (κ2) is 7.35. The second-order valence-corrected chi connectivity index (χ2v) is 6.74. The molecular weight excluding hydrogens is 357 g/mol. The van der Waals surface area contributed by atoms with Crippen molar-refractivity contribution in [1.82, 2.24) is 9.97 Å². The van der Waals surface area contributed by atoms with Gasteiger partial charge in [0.25, 0.3) is 5.91 Å². The zero-order valence-electron chi connectivity index (χ0n) is 14.8. The first-order valence-corrected chi connectivity index (χ1v) is 8.66. The van der Waals surface area contributed by atoms with Gasteiger partial charge < -0.3 is 14.8 Å². The summed E-state index contributed by atoms with van der Waals surface area (Å²) in [5.41, 5.74) is 1.63. The summed E-state index contributed by atoms with van der Waals surface area (Å²) in [5.74, 6) is 0.179. The maximum Gasteiger partial charge on any atom is 0.266 e. The van der Waals surface area contributed by atoms with Crippen LogP contribution >= 0.6 is 11.3 Å². The molecule has 0 spiro atoms. The Morgan fingerprint density at radius 1 is 1.27 bits per heavy atom. The summed E-state index contributed by atoms with van der Waals surface area (Å²) < 4.78 is 24.1. The normalized spacial score (nSPS) is 11.0. The lowest BCUT2D eigenvalue weighted by Gasteiger charge is -2.06. The van der Waals surface area contributed by atoms with Crippen LogP contribution in [0.25, 0.3) is 10.2 Å². The number of aryl methyl sites for hydroxylation is 2. The predicted octanol–water partition coefficient (Wildman–Crippen LogP) is 3.85. The van der Waals surface area contributed by atoms with Crippen molar-refractivity contribution in [3.63, 3.8) is 0 Å². The van der Waals surface area contributed by atoms with Gasteiger partial charge in [0.05, 0.1) is 17.4 Å². The van der Waals surface area contributed by atoms with Gasteiger partial charge in [-0.3, -0.25) is 4.79 Å². The van der Waals surface area contributed by atoms with Crippen molar-refractivity contribution >= 4 is 33.1 Å². The minimum absolute atomic E-state index is 0.243. The van der Waals surface area contributed by atoms with Crippen molar-refractivity contribution in [3.05, 3.63) is 45.8 Å². The van der Waals surface area contributed by atoms with Crippen LogP contribution in [-0.4, -0.2) is 30.1 Å². The van der Waals surface area contributed by atoms with Crippen molar-refractivity contribution in [3.8, 4) is 5.88 Å². The van der Waals surface area contributed by atoms with E-state index in [0.29, 0.717) is 38.0 Å². The number of rotatable bonds is 5. The van der Waals surface area contributed by atoms with Crippen LogP contribution in [0, 0.1) is 19.7 Å². The van der Waals surface area contributed by atoms with E-state index in [1.807, 2.05) is 6.92 Å². The van der Waals surface area contributed by atoms with Gasteiger partial charge in [-0.1, -0.05) is 6.07 Å². The van der Waals surface area contributed by atoms with Gasteiger partial charge in [0.2, 0.25) is 5.88 Å². The van der Waals surface area contributed by atoms with Crippen LogP contribution in [0.1, 0.15) is 26.6 Å². The lowest BCUT2D eigenvalue weighted by Crippen LogP contribution is -2.11. The highest BCUT2D eigenvalue weighted by atomic mass is 32.1. The summed E-state index contributed by atoms with van der Waals surface area (Å²) in [6.45, 7) is 3.72. The summed E-state index contributed by atoms with van der Waals surface area (Å²) >= 11 is 1.24. The highest BCUT2D eigenvalue weighted by Crippen LogP contribution is 2.35. The third-order valence-corrected chi connectivity index (χ3v) is 5.09. The zero-order chi connectivity index (χ0) is 18.8. The Labute approximate surface area is 154 Å². The van der Waals surface area contributed by atoms with E-state index in [0.717, 1.165) is 5.56 Å². The molecule has 3 rings (SSSR count). The lowest BCUT2D eigenvalue weighted by atomic mass is 10.2. The Morgan fingerprint density at radius 3 is 2.69 bits per heavy atom. The van der Waals surface area contributed by atoms with Crippen LogP contribution in [0.15, 0.2) is 18.2 Å². The first kappa shape index (κ1) is 18.2. The van der Waals surface area contributed by atoms with Gasteiger partial charge >= 0.3 is 0 Å². The second-order valence-electron chi connectivity index (χ2n) is 5.74. The third kappa shape index (κ3) is 3.38. The van der Waals surface area contributed by atoms with Crippen molar-refractivity contribution in [1.29, 1.82) is 0 Å². The van der Waals surface area contributed by atoms with Crippen molar-refractivity contribution in [2.45, 2.75) is 20.5 Å². The highest BCUT2D eigenvalue weighted by molar-refractivity contribution is 7.20. The van der Waals surface area contributed by atoms with Crippen molar-refractivity contribution < 1.29 is 18.7 Å². The molecule has 1 amide bonds. The van der Waals surface area contributed by atoms with Crippen LogP contribution in [-0.2, 0) is 11.3 Å². The van der Waals surface area contributed by atoms with E-state index in [2.05, 4.69) is 15.3 Å². The highest BCUT2D eigenvalue weighted by Gasteiger charge is 2.21. The van der Waals surface area contributed by atoms with E-state index in [-0.39, 0.29) is 18.3 Å². The average molecular weight is 375 g/mol. The summed E-state index contributed by atoms with van der Waals surface area (Å²) in [4.78, 5) is 22.5. The van der Waals surface area contributed by atoms with Crippen LogP contribution < -0.4 is 10.1 Å². The van der Waals surface area contributed by atoms with E-state index in [1.54, 1.807) is 26.2 Å². The van der Waals surface area contributed by atoms with Crippen LogP contribution in [0.4, 0.5) is 10.1 Å². The Kier molecular flexibility index (Phi) is 5.15. The fraction of sp³-hybridized carbons (Fsp3) is 0.278. The molecule has 0 fully saturated rings. The van der Waals surface area contributed by atoms with Crippen LogP contribution in [0.2, 0.25) is 0 Å². The molecule has 0 saturated heterocycles. The molecule has 3 aromatic rings. The molecule has 2 heterocycles. The van der Waals surface area contributed by atoms with Crippen molar-refractivity contribution in [2.24, 2.45) is 0 Å². The van der Waals surface area contributed by atoms with E-state index in [1.165, 1.54) is 24.5 Å². The van der Waals surface area contributed by atoms with Gasteiger partial charge in [0.15, 0.2) is 5.82 Å². The molecule has 0 saturated carbocycles. The molecule has 0 unspecified atom stereocenters. The molecule has 1 N–H and O–H groups in total. The number of methoxy groups -OCH3 is 2. The Morgan fingerprint density at radius 2 is 2.04 bits per heavy atom. The van der Waals surface area contributed by atoms with Crippen LogP contribution in [0.3, 0.4) is 0 Å². The van der Waals surface area contributed by atoms with E-state index in [4.69, 9.17) is 9.47 Å². The number of ether oxygens (including phenoxy) is 2. The number of carbonyl (C=O) groups excluding carboxylic acids is 1. The number of thiophene rings is 1. The minimum atomic E-state index is -0.368. The zero-order valence-corrected chi connectivity index (χ0v) is 15.7. The molecule has 2 aromatic heterocycles. The molecule has 136 valence electrons. The molecule has 0 atom stereocenters. The number of hydrogen-bond acceptors (Lipinski definition) is 6. The number of anilines is 1. The third-order valence-electron chi connectivity index (χ3n) is 3.91. The number of aromatic nitrogens is 2. The van der Waals surface area contributed by atoms with E-state index < -0.39 is 0 Å². The molecule has 0 aliphatic rings. The quantitative estimate of drug-likeness (QED) is 0.733. The fourth-order valence-electron chi connectivity index (χ4n) is 2.56. The lowest BCUT2D eigenvalue weighted by molar-refractivity contribution is 0.103. The minimum Gasteiger partial charge on any atom is -0.480 e. The maximum atomic E-state index is 13.7. The standard InChI is InChI=1S/C18H18FN3O3S/c1-9-5-6-11(7-12(9)19)20-16(23)15-10(2)14-17(25-4)21-13(8-24-3)22-18(14)26-15/h5-7H,8H2,1-4H3,(H,20,23). The molecule has 8 heteroatoms. The number of benzene rings is 1. The number of hydrogen-bond donors (Lipinski definition) is 1. The Bertz CT molecular complexity index is 987.